The molecule has 0 rings (SSSR count). The highest BCUT2D eigenvalue weighted by atomic mass is 32.2. The van der Waals surface area contributed by atoms with E-state index in [1.807, 2.05) is 27.7 Å². The standard InChI is InChI=1S/C19H40O5S/c1-6-11-12-13-14-15-16-18(25(20,21)17-7-2)19(22-8-3,23-9-4)24-10-5/h18H,6-17H2,1-5H3. The summed E-state index contributed by atoms with van der Waals surface area (Å²) in [7, 11) is -3.37. The summed E-state index contributed by atoms with van der Waals surface area (Å²) in [5.41, 5.74) is 0. The van der Waals surface area contributed by atoms with Gasteiger partial charge in [-0.2, -0.15) is 0 Å². The van der Waals surface area contributed by atoms with Crippen LogP contribution in [0.5, 0.6) is 0 Å². The van der Waals surface area contributed by atoms with E-state index in [1.54, 1.807) is 0 Å². The highest BCUT2D eigenvalue weighted by Crippen LogP contribution is 2.31. The normalized spacial score (nSPS) is 14.0. The number of rotatable bonds is 17. The van der Waals surface area contributed by atoms with Gasteiger partial charge in [-0.15, -0.1) is 0 Å². The quantitative estimate of drug-likeness (QED) is 0.270. The van der Waals surface area contributed by atoms with Crippen LogP contribution in [0.3, 0.4) is 0 Å². The van der Waals surface area contributed by atoms with Crippen molar-refractivity contribution in [3.8, 4) is 0 Å². The summed E-state index contributed by atoms with van der Waals surface area (Å²) >= 11 is 0. The van der Waals surface area contributed by atoms with Crippen molar-refractivity contribution in [1.29, 1.82) is 0 Å². The Hall–Kier alpha value is -0.170. The Labute approximate surface area is 155 Å². The molecule has 1 unspecified atom stereocenters. The molecule has 0 aliphatic carbocycles. The van der Waals surface area contributed by atoms with Crippen LogP contribution in [0.1, 0.15) is 86.0 Å². The minimum Gasteiger partial charge on any atom is -0.327 e. The van der Waals surface area contributed by atoms with E-state index in [4.69, 9.17) is 14.2 Å². The van der Waals surface area contributed by atoms with Crippen molar-refractivity contribution < 1.29 is 22.6 Å². The van der Waals surface area contributed by atoms with Crippen molar-refractivity contribution >= 4 is 9.84 Å². The van der Waals surface area contributed by atoms with Gasteiger partial charge in [-0.3, -0.25) is 0 Å². The third kappa shape index (κ3) is 8.85. The van der Waals surface area contributed by atoms with Gasteiger partial charge >= 0.3 is 5.97 Å². The number of sulfone groups is 1. The van der Waals surface area contributed by atoms with Gasteiger partial charge in [0.2, 0.25) is 0 Å². The molecule has 0 spiro atoms. The Morgan fingerprint density at radius 2 is 1.20 bits per heavy atom. The first-order chi connectivity index (χ1) is 11.9. The molecule has 0 aromatic carbocycles. The van der Waals surface area contributed by atoms with E-state index >= 15 is 0 Å². The average molecular weight is 381 g/mol. The zero-order valence-electron chi connectivity index (χ0n) is 17.0. The summed E-state index contributed by atoms with van der Waals surface area (Å²) in [4.78, 5) is 0. The molecule has 0 aliphatic heterocycles. The van der Waals surface area contributed by atoms with Crippen LogP contribution >= 0.6 is 0 Å². The van der Waals surface area contributed by atoms with Gasteiger partial charge in [0.05, 0.1) is 5.75 Å². The van der Waals surface area contributed by atoms with Crippen LogP contribution < -0.4 is 0 Å². The molecule has 0 N–H and O–H groups in total. The first kappa shape index (κ1) is 24.8. The Morgan fingerprint density at radius 1 is 0.720 bits per heavy atom. The van der Waals surface area contributed by atoms with Crippen molar-refractivity contribution in [2.45, 2.75) is 97.2 Å². The second kappa shape index (κ2) is 14.0. The van der Waals surface area contributed by atoms with Crippen LogP contribution in [0.25, 0.3) is 0 Å². The number of ether oxygens (including phenoxy) is 3. The first-order valence-corrected chi connectivity index (χ1v) is 11.8. The molecule has 0 radical (unpaired) electrons. The van der Waals surface area contributed by atoms with Gasteiger partial charge in [-0.25, -0.2) is 8.42 Å². The molecule has 0 bridgehead atoms. The fourth-order valence-corrected chi connectivity index (χ4v) is 5.14. The van der Waals surface area contributed by atoms with Crippen LogP contribution in [0.2, 0.25) is 0 Å². The molecule has 0 aromatic heterocycles. The number of unbranched alkanes of at least 4 members (excludes halogenated alkanes) is 5. The molecular weight excluding hydrogens is 340 g/mol. The van der Waals surface area contributed by atoms with E-state index in [2.05, 4.69) is 6.92 Å². The van der Waals surface area contributed by atoms with Gasteiger partial charge in [0.15, 0.2) is 9.84 Å². The van der Waals surface area contributed by atoms with E-state index in [0.717, 1.165) is 19.3 Å². The molecule has 6 heteroatoms. The van der Waals surface area contributed by atoms with E-state index in [-0.39, 0.29) is 5.75 Å². The summed E-state index contributed by atoms with van der Waals surface area (Å²) in [5, 5.41) is -0.786. The van der Waals surface area contributed by atoms with Crippen molar-refractivity contribution in [2.24, 2.45) is 0 Å². The lowest BCUT2D eigenvalue weighted by molar-refractivity contribution is -0.377. The molecule has 25 heavy (non-hydrogen) atoms. The molecule has 5 nitrogen and oxygen atoms in total. The molecule has 0 heterocycles. The lowest BCUT2D eigenvalue weighted by atomic mass is 10.1. The number of hydrogen-bond donors (Lipinski definition) is 0. The van der Waals surface area contributed by atoms with Crippen LogP contribution in [-0.4, -0.2) is 45.2 Å². The molecule has 1 atom stereocenters. The molecule has 0 fully saturated rings. The minimum atomic E-state index is -3.37. The summed E-state index contributed by atoms with van der Waals surface area (Å²) in [6.07, 6.45) is 7.73. The molecule has 0 amide bonds. The van der Waals surface area contributed by atoms with Crippen LogP contribution in [-0.2, 0) is 24.0 Å². The van der Waals surface area contributed by atoms with Gasteiger partial charge in [0, 0.05) is 19.8 Å². The van der Waals surface area contributed by atoms with Gasteiger partial charge in [-0.1, -0.05) is 52.4 Å². The smallest absolute Gasteiger partial charge is 0.300 e. The fraction of sp³-hybridized carbons (Fsp3) is 1.00. The minimum absolute atomic E-state index is 0.127. The van der Waals surface area contributed by atoms with Gasteiger partial charge < -0.3 is 14.2 Å². The zero-order valence-corrected chi connectivity index (χ0v) is 17.8. The molecular formula is C19H40O5S. The van der Waals surface area contributed by atoms with Gasteiger partial charge in [0.1, 0.15) is 5.25 Å². The topological polar surface area (TPSA) is 61.8 Å². The molecule has 0 saturated heterocycles. The monoisotopic (exact) mass is 380 g/mol. The van der Waals surface area contributed by atoms with Crippen molar-refractivity contribution in [1.82, 2.24) is 0 Å². The SMILES string of the molecule is CCCCCCCCC(C(OCC)(OCC)OCC)S(=O)(=O)CCC. The summed E-state index contributed by atoms with van der Waals surface area (Å²) in [5.74, 6) is -1.36. The van der Waals surface area contributed by atoms with Gasteiger partial charge in [0.25, 0.3) is 0 Å². The predicted octanol–water partition coefficient (Wildman–Crippen LogP) is 4.69. The Kier molecular flexibility index (Phi) is 13.9. The van der Waals surface area contributed by atoms with Crippen molar-refractivity contribution in [2.75, 3.05) is 25.6 Å². The van der Waals surface area contributed by atoms with Crippen LogP contribution in [0.15, 0.2) is 0 Å². The fourth-order valence-electron chi connectivity index (χ4n) is 3.12. The lowest BCUT2D eigenvalue weighted by Crippen LogP contribution is -2.54. The second-order valence-electron chi connectivity index (χ2n) is 6.31. The first-order valence-electron chi connectivity index (χ1n) is 10.1. The maximum absolute atomic E-state index is 12.9. The highest BCUT2D eigenvalue weighted by Gasteiger charge is 2.49. The Morgan fingerprint density at radius 3 is 1.64 bits per heavy atom. The molecule has 0 aliphatic rings. The third-order valence-electron chi connectivity index (χ3n) is 4.17. The predicted molar refractivity (Wildman–Crippen MR) is 103 cm³/mol. The summed E-state index contributed by atoms with van der Waals surface area (Å²) in [6.45, 7) is 10.6. The van der Waals surface area contributed by atoms with Crippen LogP contribution in [0, 0.1) is 0 Å². The third-order valence-corrected chi connectivity index (χ3v) is 6.54. The Balaban J connectivity index is 5.29. The van der Waals surface area contributed by atoms with E-state index in [9.17, 15) is 8.42 Å². The van der Waals surface area contributed by atoms with Crippen LogP contribution in [0.4, 0.5) is 0 Å². The summed E-state index contributed by atoms with van der Waals surface area (Å²) < 4.78 is 43.2. The maximum Gasteiger partial charge on any atom is 0.300 e. The zero-order chi connectivity index (χ0) is 19.2. The van der Waals surface area contributed by atoms with Gasteiger partial charge in [-0.05, 0) is 33.6 Å². The lowest BCUT2D eigenvalue weighted by Gasteiger charge is -2.38. The molecule has 0 aromatic rings. The van der Waals surface area contributed by atoms with E-state index in [1.165, 1.54) is 19.3 Å². The molecule has 0 saturated carbocycles. The summed E-state index contributed by atoms with van der Waals surface area (Å²) in [6, 6.07) is 0. The highest BCUT2D eigenvalue weighted by molar-refractivity contribution is 7.92. The van der Waals surface area contributed by atoms with E-state index < -0.39 is 21.1 Å². The maximum atomic E-state index is 12.9. The van der Waals surface area contributed by atoms with Crippen molar-refractivity contribution in [3.63, 3.8) is 0 Å². The molecule has 152 valence electrons. The number of hydrogen-bond acceptors (Lipinski definition) is 5. The Bertz CT molecular complexity index is 391. The largest absolute Gasteiger partial charge is 0.327 e. The average Bonchev–Trinajstić information content (AvgIpc) is 2.54. The second-order valence-corrected chi connectivity index (χ2v) is 8.62. The van der Waals surface area contributed by atoms with E-state index in [0.29, 0.717) is 32.7 Å². The van der Waals surface area contributed by atoms with Crippen molar-refractivity contribution in [3.05, 3.63) is 0 Å².